The van der Waals surface area contributed by atoms with Gasteiger partial charge in [-0.05, 0) is 60.9 Å². The molecule has 0 saturated carbocycles. The van der Waals surface area contributed by atoms with E-state index in [1.54, 1.807) is 0 Å². The van der Waals surface area contributed by atoms with Crippen molar-refractivity contribution in [2.75, 3.05) is 24.5 Å². The second-order valence-electron chi connectivity index (χ2n) is 5.18. The SMILES string of the molecule is CC1(C)CN(c2ccc(Cl)cc2Br)CCCN1. The molecule has 1 N–H and O–H groups in total. The van der Waals surface area contributed by atoms with Crippen molar-refractivity contribution in [3.63, 3.8) is 0 Å². The molecule has 1 saturated heterocycles. The summed E-state index contributed by atoms with van der Waals surface area (Å²) in [4.78, 5) is 2.42. The fraction of sp³-hybridized carbons (Fsp3) is 0.538. The molecule has 1 heterocycles. The Labute approximate surface area is 116 Å². The summed E-state index contributed by atoms with van der Waals surface area (Å²) in [5, 5.41) is 4.34. The Morgan fingerprint density at radius 1 is 1.41 bits per heavy atom. The highest BCUT2D eigenvalue weighted by Crippen LogP contribution is 2.30. The summed E-state index contributed by atoms with van der Waals surface area (Å²) in [6, 6.07) is 6.00. The van der Waals surface area contributed by atoms with Crippen molar-refractivity contribution in [2.45, 2.75) is 25.8 Å². The Hall–Kier alpha value is -0.250. The van der Waals surface area contributed by atoms with Gasteiger partial charge in [-0.1, -0.05) is 11.6 Å². The van der Waals surface area contributed by atoms with Crippen LogP contribution in [0.1, 0.15) is 20.3 Å². The smallest absolute Gasteiger partial charge is 0.0512 e. The Bertz CT molecular complexity index is 406. The lowest BCUT2D eigenvalue weighted by molar-refractivity contribution is 0.416. The van der Waals surface area contributed by atoms with Crippen molar-refractivity contribution in [3.05, 3.63) is 27.7 Å². The molecule has 0 radical (unpaired) electrons. The Morgan fingerprint density at radius 2 is 2.18 bits per heavy atom. The van der Waals surface area contributed by atoms with Crippen molar-refractivity contribution < 1.29 is 0 Å². The summed E-state index contributed by atoms with van der Waals surface area (Å²) < 4.78 is 1.07. The molecule has 17 heavy (non-hydrogen) atoms. The monoisotopic (exact) mass is 316 g/mol. The number of nitrogens with zero attached hydrogens (tertiary/aromatic N) is 1. The predicted molar refractivity (Wildman–Crippen MR) is 78.1 cm³/mol. The number of nitrogens with one attached hydrogen (secondary N) is 1. The maximum Gasteiger partial charge on any atom is 0.0512 e. The lowest BCUT2D eigenvalue weighted by Crippen LogP contribution is -2.46. The highest BCUT2D eigenvalue weighted by Gasteiger charge is 2.24. The van der Waals surface area contributed by atoms with E-state index in [1.807, 2.05) is 12.1 Å². The molecule has 1 aromatic rings. The maximum atomic E-state index is 5.98. The third-order valence-electron chi connectivity index (χ3n) is 3.04. The van der Waals surface area contributed by atoms with E-state index in [2.05, 4.69) is 46.1 Å². The van der Waals surface area contributed by atoms with E-state index in [0.717, 1.165) is 29.1 Å². The second-order valence-corrected chi connectivity index (χ2v) is 6.47. The molecule has 0 aromatic heterocycles. The van der Waals surface area contributed by atoms with Gasteiger partial charge in [0, 0.05) is 28.1 Å². The Kier molecular flexibility index (Phi) is 4.01. The van der Waals surface area contributed by atoms with E-state index in [4.69, 9.17) is 11.6 Å². The highest BCUT2D eigenvalue weighted by molar-refractivity contribution is 9.10. The van der Waals surface area contributed by atoms with Crippen LogP contribution in [0.15, 0.2) is 22.7 Å². The molecule has 1 aliphatic rings. The largest absolute Gasteiger partial charge is 0.369 e. The fourth-order valence-corrected chi connectivity index (χ4v) is 3.19. The van der Waals surface area contributed by atoms with Gasteiger partial charge in [-0.15, -0.1) is 0 Å². The number of benzene rings is 1. The van der Waals surface area contributed by atoms with E-state index in [0.29, 0.717) is 0 Å². The van der Waals surface area contributed by atoms with Crippen molar-refractivity contribution >= 4 is 33.2 Å². The third kappa shape index (κ3) is 3.36. The lowest BCUT2D eigenvalue weighted by Gasteiger charge is -2.32. The Balaban J connectivity index is 2.25. The van der Waals surface area contributed by atoms with Crippen LogP contribution in [0.4, 0.5) is 5.69 Å². The minimum atomic E-state index is 0.148. The van der Waals surface area contributed by atoms with E-state index < -0.39 is 0 Å². The van der Waals surface area contributed by atoms with Crippen LogP contribution in [-0.4, -0.2) is 25.2 Å². The zero-order valence-electron chi connectivity index (χ0n) is 10.3. The molecule has 2 nitrogen and oxygen atoms in total. The fourth-order valence-electron chi connectivity index (χ4n) is 2.25. The summed E-state index contributed by atoms with van der Waals surface area (Å²) in [5.41, 5.74) is 1.38. The molecule has 0 atom stereocenters. The van der Waals surface area contributed by atoms with E-state index >= 15 is 0 Å². The maximum absolute atomic E-state index is 5.98. The first-order valence-electron chi connectivity index (χ1n) is 5.93. The van der Waals surface area contributed by atoms with Gasteiger partial charge in [0.2, 0.25) is 0 Å². The molecule has 0 aliphatic carbocycles. The van der Waals surface area contributed by atoms with Crippen LogP contribution in [0.2, 0.25) is 5.02 Å². The molecule has 0 bridgehead atoms. The number of rotatable bonds is 1. The van der Waals surface area contributed by atoms with Crippen LogP contribution in [0.3, 0.4) is 0 Å². The van der Waals surface area contributed by atoms with Crippen molar-refractivity contribution in [1.82, 2.24) is 5.32 Å². The predicted octanol–water partition coefficient (Wildman–Crippen LogP) is 3.68. The normalized spacial score (nSPS) is 20.1. The van der Waals surface area contributed by atoms with Crippen LogP contribution in [-0.2, 0) is 0 Å². The van der Waals surface area contributed by atoms with Gasteiger partial charge in [-0.3, -0.25) is 0 Å². The van der Waals surface area contributed by atoms with Gasteiger partial charge in [0.1, 0.15) is 0 Å². The first-order valence-corrected chi connectivity index (χ1v) is 7.10. The van der Waals surface area contributed by atoms with Gasteiger partial charge in [0.05, 0.1) is 5.69 Å². The van der Waals surface area contributed by atoms with Gasteiger partial charge in [-0.2, -0.15) is 0 Å². The van der Waals surface area contributed by atoms with Crippen LogP contribution >= 0.6 is 27.5 Å². The topological polar surface area (TPSA) is 15.3 Å². The number of halogens is 2. The summed E-state index contributed by atoms with van der Waals surface area (Å²) in [6.45, 7) is 7.66. The zero-order valence-corrected chi connectivity index (χ0v) is 12.6. The van der Waals surface area contributed by atoms with E-state index in [1.165, 1.54) is 12.1 Å². The molecule has 1 aromatic carbocycles. The van der Waals surface area contributed by atoms with Gasteiger partial charge in [0.25, 0.3) is 0 Å². The lowest BCUT2D eigenvalue weighted by atomic mass is 10.1. The van der Waals surface area contributed by atoms with E-state index in [-0.39, 0.29) is 5.54 Å². The van der Waals surface area contributed by atoms with Crippen LogP contribution in [0, 0.1) is 0 Å². The third-order valence-corrected chi connectivity index (χ3v) is 3.92. The second kappa shape index (κ2) is 5.17. The summed E-state index contributed by atoms with van der Waals surface area (Å²) in [7, 11) is 0. The van der Waals surface area contributed by atoms with Crippen LogP contribution in [0.25, 0.3) is 0 Å². The molecule has 0 spiro atoms. The zero-order chi connectivity index (χ0) is 12.5. The molecule has 0 unspecified atom stereocenters. The molecular formula is C13H18BrClN2. The van der Waals surface area contributed by atoms with Crippen LogP contribution < -0.4 is 10.2 Å². The van der Waals surface area contributed by atoms with Crippen LogP contribution in [0.5, 0.6) is 0 Å². The first-order chi connectivity index (χ1) is 7.98. The average molecular weight is 318 g/mol. The summed E-state index contributed by atoms with van der Waals surface area (Å²) in [5.74, 6) is 0. The number of hydrogen-bond acceptors (Lipinski definition) is 2. The summed E-state index contributed by atoms with van der Waals surface area (Å²) in [6.07, 6.45) is 1.17. The molecule has 1 aliphatic heterocycles. The quantitative estimate of drug-likeness (QED) is 0.850. The Morgan fingerprint density at radius 3 is 2.88 bits per heavy atom. The van der Waals surface area contributed by atoms with E-state index in [9.17, 15) is 0 Å². The minimum Gasteiger partial charge on any atom is -0.369 e. The standard InChI is InChI=1S/C13H18BrClN2/c1-13(2)9-17(7-3-6-16-13)12-5-4-10(15)8-11(12)14/h4-5,8,16H,3,6-7,9H2,1-2H3. The van der Waals surface area contributed by atoms with Crippen molar-refractivity contribution in [3.8, 4) is 0 Å². The molecule has 2 rings (SSSR count). The van der Waals surface area contributed by atoms with Gasteiger partial charge in [0.15, 0.2) is 0 Å². The number of anilines is 1. The van der Waals surface area contributed by atoms with Gasteiger partial charge >= 0.3 is 0 Å². The summed E-state index contributed by atoms with van der Waals surface area (Å²) >= 11 is 9.58. The minimum absolute atomic E-state index is 0.148. The number of hydrogen-bond donors (Lipinski definition) is 1. The molecule has 4 heteroatoms. The highest BCUT2D eigenvalue weighted by atomic mass is 79.9. The average Bonchev–Trinajstić information content (AvgIpc) is 2.39. The van der Waals surface area contributed by atoms with Crippen molar-refractivity contribution in [2.24, 2.45) is 0 Å². The van der Waals surface area contributed by atoms with Gasteiger partial charge in [-0.25, -0.2) is 0 Å². The van der Waals surface area contributed by atoms with Gasteiger partial charge < -0.3 is 10.2 Å². The first kappa shape index (κ1) is 13.2. The molecule has 1 fully saturated rings. The molecule has 0 amide bonds. The molecular weight excluding hydrogens is 300 g/mol. The van der Waals surface area contributed by atoms with Crippen molar-refractivity contribution in [1.29, 1.82) is 0 Å². The molecule has 94 valence electrons.